The molecule has 1 saturated heterocycles. The van der Waals surface area contributed by atoms with Crippen LogP contribution in [0.1, 0.15) is 12.0 Å². The van der Waals surface area contributed by atoms with Gasteiger partial charge in [0.1, 0.15) is 0 Å². The van der Waals surface area contributed by atoms with E-state index in [2.05, 4.69) is 46.4 Å². The van der Waals surface area contributed by atoms with E-state index in [0.717, 1.165) is 36.6 Å². The minimum atomic E-state index is 0.0304. The summed E-state index contributed by atoms with van der Waals surface area (Å²) in [4.78, 5) is 17.9. The normalized spacial score (nSPS) is 14.9. The van der Waals surface area contributed by atoms with E-state index in [4.69, 9.17) is 23.2 Å². The van der Waals surface area contributed by atoms with Crippen LogP contribution >= 0.6 is 35.1 Å². The minimum absolute atomic E-state index is 0.0304. The molecule has 1 aliphatic heterocycles. The Bertz CT molecular complexity index is 842. The number of hydrogen-bond donors (Lipinski definition) is 1. The second-order valence-electron chi connectivity index (χ2n) is 7.48. The quantitative estimate of drug-likeness (QED) is 0.583. The van der Waals surface area contributed by atoms with Crippen molar-refractivity contribution in [3.63, 3.8) is 0 Å². The van der Waals surface area contributed by atoms with Crippen LogP contribution in [0.3, 0.4) is 0 Å². The van der Waals surface area contributed by atoms with Gasteiger partial charge in [-0.1, -0.05) is 41.4 Å². The number of carbonyl (C=O) groups is 1. The third-order valence-corrected chi connectivity index (χ3v) is 7.08. The van der Waals surface area contributed by atoms with Crippen LogP contribution in [0.15, 0.2) is 47.4 Å². The van der Waals surface area contributed by atoms with Crippen molar-refractivity contribution in [3.8, 4) is 0 Å². The lowest BCUT2D eigenvalue weighted by Crippen LogP contribution is -2.44. The van der Waals surface area contributed by atoms with Crippen molar-refractivity contribution in [1.29, 1.82) is 0 Å². The minimum Gasteiger partial charge on any atom is -0.369 e. The molecule has 30 heavy (non-hydrogen) atoms. The van der Waals surface area contributed by atoms with E-state index in [9.17, 15) is 4.79 Å². The molecule has 3 rings (SSSR count). The van der Waals surface area contributed by atoms with Gasteiger partial charge in [0, 0.05) is 56.3 Å². The summed E-state index contributed by atoms with van der Waals surface area (Å²) in [5.41, 5.74) is 2.35. The number of rotatable bonds is 8. The smallest absolute Gasteiger partial charge is 0.221 e. The van der Waals surface area contributed by atoms with Crippen molar-refractivity contribution in [2.24, 2.45) is 0 Å². The number of amides is 1. The maximum atomic E-state index is 12.2. The van der Waals surface area contributed by atoms with Crippen LogP contribution < -0.4 is 10.2 Å². The van der Waals surface area contributed by atoms with E-state index in [0.29, 0.717) is 29.6 Å². The van der Waals surface area contributed by atoms with Crippen molar-refractivity contribution in [3.05, 3.63) is 58.1 Å². The second kappa shape index (κ2) is 11.3. The number of nitrogens with one attached hydrogen (secondary N) is 1. The summed E-state index contributed by atoms with van der Waals surface area (Å²) in [5, 5.41) is 4.08. The van der Waals surface area contributed by atoms with Crippen LogP contribution in [0.5, 0.6) is 0 Å². The Hall–Kier alpha value is -1.44. The molecule has 0 unspecified atom stereocenters. The first-order chi connectivity index (χ1) is 14.4. The highest BCUT2D eigenvalue weighted by atomic mass is 35.5. The molecule has 0 radical (unpaired) electrons. The van der Waals surface area contributed by atoms with Gasteiger partial charge >= 0.3 is 0 Å². The van der Waals surface area contributed by atoms with Gasteiger partial charge in [0.25, 0.3) is 0 Å². The maximum absolute atomic E-state index is 12.2. The molecule has 1 heterocycles. The van der Waals surface area contributed by atoms with E-state index >= 15 is 0 Å². The van der Waals surface area contributed by atoms with Gasteiger partial charge < -0.3 is 15.1 Å². The summed E-state index contributed by atoms with van der Waals surface area (Å²) < 4.78 is 1.99. The molecule has 0 aromatic heterocycles. The van der Waals surface area contributed by atoms with Crippen molar-refractivity contribution in [2.75, 3.05) is 51.7 Å². The summed E-state index contributed by atoms with van der Waals surface area (Å²) in [6.07, 6.45) is 0.418. The Morgan fingerprint density at radius 3 is 2.50 bits per heavy atom. The Morgan fingerprint density at radius 1 is 1.10 bits per heavy atom. The highest BCUT2D eigenvalue weighted by molar-refractivity contribution is 7.97. The molecule has 5 nitrogen and oxygen atoms in total. The number of hydrogen-bond acceptors (Lipinski definition) is 5. The standard InChI is InChI=1S/C22H28Cl2N4OS/c1-26-12-14-28(15-13-26)18-8-6-17(7-9-18)16-25-21(29)10-11-27(2)30-20-5-3-4-19(23)22(20)24/h3-9H,10-16H2,1-2H3,(H,25,29). The van der Waals surface area contributed by atoms with E-state index in [1.807, 2.05) is 23.5 Å². The number of nitrogens with zero attached hydrogens (tertiary/aromatic N) is 3. The van der Waals surface area contributed by atoms with Gasteiger partial charge in [-0.25, -0.2) is 4.31 Å². The van der Waals surface area contributed by atoms with Gasteiger partial charge in [-0.15, -0.1) is 0 Å². The zero-order valence-electron chi connectivity index (χ0n) is 17.4. The lowest BCUT2D eigenvalue weighted by molar-refractivity contribution is -0.121. The number of likely N-dealkylation sites (N-methyl/N-ethyl adjacent to an activating group) is 1. The average Bonchev–Trinajstić information content (AvgIpc) is 2.75. The van der Waals surface area contributed by atoms with Crippen molar-refractivity contribution in [1.82, 2.24) is 14.5 Å². The van der Waals surface area contributed by atoms with Crippen LogP contribution in [-0.2, 0) is 11.3 Å². The van der Waals surface area contributed by atoms with Crippen LogP contribution in [0.25, 0.3) is 0 Å². The molecule has 0 saturated carbocycles. The summed E-state index contributed by atoms with van der Waals surface area (Å²) >= 11 is 13.8. The highest BCUT2D eigenvalue weighted by Crippen LogP contribution is 2.34. The van der Waals surface area contributed by atoms with Gasteiger partial charge in [0.15, 0.2) is 0 Å². The van der Waals surface area contributed by atoms with Crippen LogP contribution in [0.2, 0.25) is 10.0 Å². The van der Waals surface area contributed by atoms with Crippen LogP contribution in [0, 0.1) is 0 Å². The van der Waals surface area contributed by atoms with Gasteiger partial charge in [-0.2, -0.15) is 0 Å². The first-order valence-electron chi connectivity index (χ1n) is 10.0. The predicted octanol–water partition coefficient (Wildman–Crippen LogP) is 4.39. The fraction of sp³-hybridized carbons (Fsp3) is 0.409. The summed E-state index contributed by atoms with van der Waals surface area (Å²) in [7, 11) is 4.10. The van der Waals surface area contributed by atoms with Gasteiger partial charge in [-0.05, 0) is 55.9 Å². The van der Waals surface area contributed by atoms with Crippen molar-refractivity contribution >= 4 is 46.7 Å². The van der Waals surface area contributed by atoms with E-state index in [1.54, 1.807) is 6.07 Å². The van der Waals surface area contributed by atoms with Gasteiger partial charge in [0.2, 0.25) is 5.91 Å². The first kappa shape index (κ1) is 23.2. The molecule has 0 bridgehead atoms. The zero-order valence-corrected chi connectivity index (χ0v) is 19.7. The molecule has 1 aliphatic rings. The molecule has 0 aliphatic carbocycles. The fourth-order valence-electron chi connectivity index (χ4n) is 3.21. The Balaban J connectivity index is 1.39. The number of piperazine rings is 1. The number of anilines is 1. The van der Waals surface area contributed by atoms with Crippen molar-refractivity contribution < 1.29 is 4.79 Å². The third-order valence-electron chi connectivity index (χ3n) is 5.12. The Morgan fingerprint density at radius 2 is 1.80 bits per heavy atom. The summed E-state index contributed by atoms with van der Waals surface area (Å²) in [5.74, 6) is 0.0304. The SMILES string of the molecule is CN1CCN(c2ccc(CNC(=O)CCN(C)Sc3cccc(Cl)c3Cl)cc2)CC1. The molecule has 2 aromatic rings. The molecular weight excluding hydrogens is 439 g/mol. The zero-order chi connectivity index (χ0) is 21.5. The molecule has 2 aromatic carbocycles. The van der Waals surface area contributed by atoms with E-state index in [-0.39, 0.29) is 5.91 Å². The van der Waals surface area contributed by atoms with Crippen LogP contribution in [0.4, 0.5) is 5.69 Å². The molecule has 8 heteroatoms. The van der Waals surface area contributed by atoms with E-state index in [1.165, 1.54) is 17.6 Å². The Labute approximate surface area is 193 Å². The number of carbonyl (C=O) groups excluding carboxylic acids is 1. The van der Waals surface area contributed by atoms with Gasteiger partial charge in [0.05, 0.1) is 10.0 Å². The molecule has 1 amide bonds. The third kappa shape index (κ3) is 6.79. The monoisotopic (exact) mass is 466 g/mol. The van der Waals surface area contributed by atoms with Gasteiger partial charge in [-0.3, -0.25) is 4.79 Å². The first-order valence-corrected chi connectivity index (χ1v) is 11.6. The van der Waals surface area contributed by atoms with Crippen molar-refractivity contribution in [2.45, 2.75) is 17.9 Å². The summed E-state index contributed by atoms with van der Waals surface area (Å²) in [6.45, 7) is 5.44. The largest absolute Gasteiger partial charge is 0.369 e. The Kier molecular flexibility index (Phi) is 8.72. The van der Waals surface area contributed by atoms with E-state index < -0.39 is 0 Å². The number of benzene rings is 2. The molecular formula is C22H28Cl2N4OS. The molecule has 1 N–H and O–H groups in total. The number of halogens is 2. The molecule has 162 valence electrons. The molecule has 1 fully saturated rings. The molecule has 0 atom stereocenters. The highest BCUT2D eigenvalue weighted by Gasteiger charge is 2.14. The average molecular weight is 467 g/mol. The van der Waals surface area contributed by atoms with Crippen LogP contribution in [-0.4, -0.2) is 61.9 Å². The molecule has 0 spiro atoms. The second-order valence-corrected chi connectivity index (χ2v) is 9.51. The lowest BCUT2D eigenvalue weighted by atomic mass is 10.1. The lowest BCUT2D eigenvalue weighted by Gasteiger charge is -2.34. The summed E-state index contributed by atoms with van der Waals surface area (Å²) in [6, 6.07) is 14.0. The maximum Gasteiger partial charge on any atom is 0.221 e. The topological polar surface area (TPSA) is 38.8 Å². The predicted molar refractivity (Wildman–Crippen MR) is 128 cm³/mol. The fourth-order valence-corrected chi connectivity index (χ4v) is 4.51.